The lowest BCUT2D eigenvalue weighted by Gasteiger charge is -2.44. The third kappa shape index (κ3) is 4.36. The Morgan fingerprint density at radius 3 is 2.21 bits per heavy atom. The number of nitrogens with zero attached hydrogens (tertiary/aromatic N) is 2. The van der Waals surface area contributed by atoms with E-state index in [4.69, 9.17) is 4.74 Å². The van der Waals surface area contributed by atoms with Crippen LogP contribution in [0.4, 0.5) is 11.4 Å². The van der Waals surface area contributed by atoms with E-state index in [2.05, 4.69) is 6.92 Å². The molecule has 2 atom stereocenters. The summed E-state index contributed by atoms with van der Waals surface area (Å²) < 4.78 is 5.26. The molecule has 0 N–H and O–H groups in total. The number of amides is 2. The lowest BCUT2D eigenvalue weighted by molar-refractivity contribution is -0.122. The number of benzene rings is 3. The predicted octanol–water partition coefficient (Wildman–Crippen LogP) is 5.86. The van der Waals surface area contributed by atoms with Gasteiger partial charge >= 0.3 is 0 Å². The third-order valence-corrected chi connectivity index (χ3v) is 6.19. The summed E-state index contributed by atoms with van der Waals surface area (Å²) in [5.41, 5.74) is 3.28. The zero-order chi connectivity index (χ0) is 23.5. The molecule has 0 unspecified atom stereocenters. The Hall–Kier alpha value is -3.60. The maximum absolute atomic E-state index is 13.9. The van der Waals surface area contributed by atoms with Gasteiger partial charge in [0.05, 0.1) is 13.2 Å². The quantitative estimate of drug-likeness (QED) is 0.497. The van der Waals surface area contributed by atoms with Crippen molar-refractivity contribution in [2.75, 3.05) is 16.9 Å². The van der Waals surface area contributed by atoms with E-state index in [1.165, 1.54) is 0 Å². The van der Waals surface area contributed by atoms with Gasteiger partial charge in [0.2, 0.25) is 5.91 Å². The molecular weight excluding hydrogens is 412 g/mol. The van der Waals surface area contributed by atoms with Crippen LogP contribution in [0, 0.1) is 5.92 Å². The first-order valence-corrected chi connectivity index (χ1v) is 11.4. The summed E-state index contributed by atoms with van der Waals surface area (Å²) in [6.07, 6.45) is 0.645. The van der Waals surface area contributed by atoms with Gasteiger partial charge in [0.25, 0.3) is 5.91 Å². The minimum Gasteiger partial charge on any atom is -0.497 e. The number of fused-ring (bicyclic) bond motifs is 1. The van der Waals surface area contributed by atoms with Crippen molar-refractivity contribution in [3.05, 3.63) is 90.0 Å². The molecule has 3 aromatic carbocycles. The summed E-state index contributed by atoms with van der Waals surface area (Å²) in [5, 5.41) is 0. The molecule has 1 heterocycles. The highest BCUT2D eigenvalue weighted by Gasteiger charge is 2.39. The Kier molecular flexibility index (Phi) is 6.50. The van der Waals surface area contributed by atoms with Gasteiger partial charge in [0.1, 0.15) is 5.75 Å². The normalized spacial score (nSPS) is 17.4. The van der Waals surface area contributed by atoms with E-state index >= 15 is 0 Å². The summed E-state index contributed by atoms with van der Waals surface area (Å²) in [6, 6.07) is 24.6. The van der Waals surface area contributed by atoms with E-state index in [0.29, 0.717) is 17.7 Å². The van der Waals surface area contributed by atoms with Crippen LogP contribution in [0.2, 0.25) is 0 Å². The van der Waals surface area contributed by atoms with Crippen molar-refractivity contribution in [2.24, 2.45) is 5.92 Å². The zero-order valence-electron chi connectivity index (χ0n) is 19.6. The number of ether oxygens (including phenoxy) is 1. The van der Waals surface area contributed by atoms with E-state index in [1.807, 2.05) is 78.2 Å². The molecule has 4 rings (SSSR count). The van der Waals surface area contributed by atoms with Gasteiger partial charge in [-0.3, -0.25) is 9.59 Å². The topological polar surface area (TPSA) is 49.9 Å². The molecule has 0 fully saturated rings. The van der Waals surface area contributed by atoms with Crippen LogP contribution in [0.5, 0.6) is 5.75 Å². The van der Waals surface area contributed by atoms with Gasteiger partial charge in [-0.05, 0) is 61.4 Å². The monoisotopic (exact) mass is 442 g/mol. The largest absolute Gasteiger partial charge is 0.497 e. The fourth-order valence-electron chi connectivity index (χ4n) is 4.54. The predicted molar refractivity (Wildman–Crippen MR) is 132 cm³/mol. The fourth-order valence-corrected chi connectivity index (χ4v) is 4.54. The molecule has 1 aliphatic heterocycles. The SMILES string of the molecule is COc1ccc(C(=O)N(c2ccccc2)[C@H]2C[C@H](C)N(C(=O)C(C)C)c3ccccc32)cc1. The number of carbonyl (C=O) groups is 2. The highest BCUT2D eigenvalue weighted by Crippen LogP contribution is 2.43. The Morgan fingerprint density at radius 2 is 1.58 bits per heavy atom. The van der Waals surface area contributed by atoms with Gasteiger partial charge in [-0.2, -0.15) is 0 Å². The molecule has 3 aromatic rings. The molecular formula is C28H30N2O3. The Morgan fingerprint density at radius 1 is 0.939 bits per heavy atom. The van der Waals surface area contributed by atoms with Gasteiger partial charge in [-0.15, -0.1) is 0 Å². The Bertz CT molecular complexity index is 1130. The number of rotatable bonds is 5. The first kappa shape index (κ1) is 22.6. The summed E-state index contributed by atoms with van der Waals surface area (Å²) in [5.74, 6) is 0.612. The molecule has 5 heteroatoms. The van der Waals surface area contributed by atoms with Crippen LogP contribution in [0.1, 0.15) is 49.2 Å². The second kappa shape index (κ2) is 9.49. The average Bonchev–Trinajstić information content (AvgIpc) is 2.84. The van der Waals surface area contributed by atoms with Gasteiger partial charge in [-0.1, -0.05) is 50.2 Å². The van der Waals surface area contributed by atoms with Crippen LogP contribution in [0.3, 0.4) is 0 Å². The van der Waals surface area contributed by atoms with E-state index in [-0.39, 0.29) is 29.8 Å². The summed E-state index contributed by atoms with van der Waals surface area (Å²) in [4.78, 5) is 30.7. The number of anilines is 2. The van der Waals surface area contributed by atoms with Crippen molar-refractivity contribution in [3.63, 3.8) is 0 Å². The lowest BCUT2D eigenvalue weighted by atomic mass is 9.88. The summed E-state index contributed by atoms with van der Waals surface area (Å²) in [7, 11) is 1.61. The summed E-state index contributed by atoms with van der Waals surface area (Å²) in [6.45, 7) is 5.91. The van der Waals surface area contributed by atoms with Crippen LogP contribution in [-0.4, -0.2) is 25.0 Å². The van der Waals surface area contributed by atoms with Crippen LogP contribution in [0.25, 0.3) is 0 Å². The Labute approximate surface area is 195 Å². The molecule has 0 aliphatic carbocycles. The van der Waals surface area contributed by atoms with Gasteiger partial charge in [0, 0.05) is 28.9 Å². The molecule has 33 heavy (non-hydrogen) atoms. The molecule has 0 aromatic heterocycles. The number of hydrogen-bond donors (Lipinski definition) is 0. The van der Waals surface area contributed by atoms with Crippen LogP contribution in [-0.2, 0) is 4.79 Å². The number of para-hydroxylation sites is 2. The fraction of sp³-hybridized carbons (Fsp3) is 0.286. The van der Waals surface area contributed by atoms with E-state index in [9.17, 15) is 9.59 Å². The maximum Gasteiger partial charge on any atom is 0.258 e. The van der Waals surface area contributed by atoms with E-state index in [1.54, 1.807) is 31.4 Å². The molecule has 1 aliphatic rings. The third-order valence-electron chi connectivity index (χ3n) is 6.19. The smallest absolute Gasteiger partial charge is 0.258 e. The molecule has 0 saturated carbocycles. The number of methoxy groups -OCH3 is 1. The van der Waals surface area contributed by atoms with Crippen molar-refractivity contribution in [1.29, 1.82) is 0 Å². The van der Waals surface area contributed by atoms with E-state index < -0.39 is 0 Å². The zero-order valence-corrected chi connectivity index (χ0v) is 19.6. The second-order valence-corrected chi connectivity index (χ2v) is 8.76. The van der Waals surface area contributed by atoms with Crippen LogP contribution >= 0.6 is 0 Å². The summed E-state index contributed by atoms with van der Waals surface area (Å²) >= 11 is 0. The molecule has 5 nitrogen and oxygen atoms in total. The molecule has 170 valence electrons. The van der Waals surface area contributed by atoms with Gasteiger partial charge in [-0.25, -0.2) is 0 Å². The van der Waals surface area contributed by atoms with Crippen LogP contribution < -0.4 is 14.5 Å². The van der Waals surface area contributed by atoms with Crippen molar-refractivity contribution in [2.45, 2.75) is 39.3 Å². The Balaban J connectivity index is 1.82. The first-order valence-electron chi connectivity index (χ1n) is 11.4. The highest BCUT2D eigenvalue weighted by atomic mass is 16.5. The maximum atomic E-state index is 13.9. The van der Waals surface area contributed by atoms with Crippen LogP contribution in [0.15, 0.2) is 78.9 Å². The van der Waals surface area contributed by atoms with Crippen molar-refractivity contribution in [1.82, 2.24) is 0 Å². The molecule has 0 spiro atoms. The second-order valence-electron chi connectivity index (χ2n) is 8.76. The van der Waals surface area contributed by atoms with Gasteiger partial charge < -0.3 is 14.5 Å². The van der Waals surface area contributed by atoms with Crippen molar-refractivity contribution >= 4 is 23.2 Å². The van der Waals surface area contributed by atoms with Crippen molar-refractivity contribution in [3.8, 4) is 5.75 Å². The molecule has 0 radical (unpaired) electrons. The molecule has 0 bridgehead atoms. The number of hydrogen-bond acceptors (Lipinski definition) is 3. The minimum atomic E-state index is -0.204. The van der Waals surface area contributed by atoms with E-state index in [0.717, 1.165) is 16.9 Å². The lowest BCUT2D eigenvalue weighted by Crippen LogP contribution is -2.49. The standard InChI is InChI=1S/C28H30N2O3/c1-19(2)27(31)29-20(3)18-26(24-12-8-9-13-25(24)29)30(22-10-6-5-7-11-22)28(32)21-14-16-23(33-4)17-15-21/h5-17,19-20,26H,18H2,1-4H3/t20-,26-/m0/s1. The minimum absolute atomic E-state index is 0.0466. The molecule has 0 saturated heterocycles. The molecule has 2 amide bonds. The first-order chi connectivity index (χ1) is 15.9. The highest BCUT2D eigenvalue weighted by molar-refractivity contribution is 6.07. The average molecular weight is 443 g/mol. The number of carbonyl (C=O) groups excluding carboxylic acids is 2. The van der Waals surface area contributed by atoms with Crippen molar-refractivity contribution < 1.29 is 14.3 Å². The van der Waals surface area contributed by atoms with Gasteiger partial charge in [0.15, 0.2) is 0 Å².